The number of amides is 1. The van der Waals surface area contributed by atoms with E-state index < -0.39 is 0 Å². The molecular formula is C14H19N3O2. The Hall–Kier alpha value is -2.06. The summed E-state index contributed by atoms with van der Waals surface area (Å²) in [6.07, 6.45) is 0.348. The number of methoxy groups -OCH3 is 1. The van der Waals surface area contributed by atoms with Crippen LogP contribution < -0.4 is 15.4 Å². The minimum Gasteiger partial charge on any atom is -0.495 e. The van der Waals surface area contributed by atoms with E-state index in [4.69, 9.17) is 10.00 Å². The molecule has 0 fully saturated rings. The second-order valence-electron chi connectivity index (χ2n) is 4.40. The van der Waals surface area contributed by atoms with Crippen LogP contribution in [0.3, 0.4) is 0 Å². The Morgan fingerprint density at radius 2 is 2.21 bits per heavy atom. The smallest absolute Gasteiger partial charge is 0.225 e. The molecule has 2 N–H and O–H groups in total. The highest BCUT2D eigenvalue weighted by Gasteiger charge is 2.12. The molecule has 19 heavy (non-hydrogen) atoms. The van der Waals surface area contributed by atoms with Crippen molar-refractivity contribution in [3.8, 4) is 11.8 Å². The molecule has 5 heteroatoms. The zero-order valence-electron chi connectivity index (χ0n) is 11.5. The Morgan fingerprint density at radius 1 is 1.47 bits per heavy atom. The van der Waals surface area contributed by atoms with E-state index in [1.54, 1.807) is 18.2 Å². The highest BCUT2D eigenvalue weighted by Crippen LogP contribution is 2.27. The van der Waals surface area contributed by atoms with Crippen molar-refractivity contribution in [1.82, 2.24) is 5.32 Å². The summed E-state index contributed by atoms with van der Waals surface area (Å²) in [7, 11) is 1.51. The molecule has 0 saturated carbocycles. The number of nitriles is 1. The van der Waals surface area contributed by atoms with E-state index in [0.717, 1.165) is 0 Å². The third kappa shape index (κ3) is 4.60. The number of benzene rings is 1. The van der Waals surface area contributed by atoms with Gasteiger partial charge < -0.3 is 15.4 Å². The van der Waals surface area contributed by atoms with Crippen LogP contribution in [0.2, 0.25) is 0 Å². The first-order valence-corrected chi connectivity index (χ1v) is 6.18. The number of ether oxygens (including phenoxy) is 1. The fourth-order valence-corrected chi connectivity index (χ4v) is 1.60. The topological polar surface area (TPSA) is 74.1 Å². The molecule has 0 aliphatic heterocycles. The molecule has 0 aromatic heterocycles. The van der Waals surface area contributed by atoms with Gasteiger partial charge in [0.15, 0.2) is 0 Å². The Morgan fingerprint density at radius 3 is 2.79 bits per heavy atom. The second kappa shape index (κ2) is 7.39. The van der Waals surface area contributed by atoms with Crippen molar-refractivity contribution in [3.63, 3.8) is 0 Å². The minimum absolute atomic E-state index is 0.144. The highest BCUT2D eigenvalue weighted by molar-refractivity contribution is 5.94. The van der Waals surface area contributed by atoms with Gasteiger partial charge in [-0.05, 0) is 12.1 Å². The van der Waals surface area contributed by atoms with Gasteiger partial charge in [-0.25, -0.2) is 0 Å². The van der Waals surface area contributed by atoms with Crippen LogP contribution in [0.15, 0.2) is 18.2 Å². The first-order chi connectivity index (χ1) is 9.08. The van der Waals surface area contributed by atoms with Crippen LogP contribution in [0.25, 0.3) is 0 Å². The van der Waals surface area contributed by atoms with E-state index >= 15 is 0 Å². The summed E-state index contributed by atoms with van der Waals surface area (Å²) in [5.74, 6) is 0.346. The van der Waals surface area contributed by atoms with Crippen LogP contribution in [0.4, 0.5) is 5.69 Å². The summed E-state index contributed by atoms with van der Waals surface area (Å²) >= 11 is 0. The van der Waals surface area contributed by atoms with Gasteiger partial charge in [0.25, 0.3) is 0 Å². The van der Waals surface area contributed by atoms with Crippen molar-refractivity contribution in [2.75, 3.05) is 19.0 Å². The van der Waals surface area contributed by atoms with E-state index in [9.17, 15) is 4.79 Å². The molecule has 0 bridgehead atoms. The maximum absolute atomic E-state index is 11.8. The van der Waals surface area contributed by atoms with E-state index in [1.165, 1.54) is 7.11 Å². The average Bonchev–Trinajstić information content (AvgIpc) is 2.38. The summed E-state index contributed by atoms with van der Waals surface area (Å²) < 4.78 is 5.15. The van der Waals surface area contributed by atoms with Crippen LogP contribution >= 0.6 is 0 Å². The van der Waals surface area contributed by atoms with Gasteiger partial charge in [0.05, 0.1) is 12.7 Å². The van der Waals surface area contributed by atoms with Gasteiger partial charge in [0, 0.05) is 19.0 Å². The molecule has 102 valence electrons. The number of nitrogens with zero attached hydrogens (tertiary/aromatic N) is 1. The summed E-state index contributed by atoms with van der Waals surface area (Å²) in [5.41, 5.74) is 0.826. The summed E-state index contributed by atoms with van der Waals surface area (Å²) in [5, 5.41) is 14.9. The zero-order valence-corrected chi connectivity index (χ0v) is 11.5. The van der Waals surface area contributed by atoms with Crippen LogP contribution in [-0.2, 0) is 4.79 Å². The number of hydrogen-bond donors (Lipinski definition) is 2. The van der Waals surface area contributed by atoms with Gasteiger partial charge >= 0.3 is 0 Å². The quantitative estimate of drug-likeness (QED) is 0.820. The van der Waals surface area contributed by atoms with Crippen LogP contribution in [0.1, 0.15) is 25.8 Å². The fourth-order valence-electron chi connectivity index (χ4n) is 1.60. The van der Waals surface area contributed by atoms with Crippen molar-refractivity contribution in [2.24, 2.45) is 0 Å². The summed E-state index contributed by atoms with van der Waals surface area (Å²) in [4.78, 5) is 11.8. The lowest BCUT2D eigenvalue weighted by atomic mass is 10.1. The lowest BCUT2D eigenvalue weighted by molar-refractivity contribution is -0.116. The van der Waals surface area contributed by atoms with Gasteiger partial charge in [-0.3, -0.25) is 4.79 Å². The minimum atomic E-state index is -0.144. The van der Waals surface area contributed by atoms with E-state index in [2.05, 4.69) is 10.6 Å². The third-order valence-electron chi connectivity index (χ3n) is 2.54. The largest absolute Gasteiger partial charge is 0.495 e. The zero-order chi connectivity index (χ0) is 14.3. The standard InChI is InChI=1S/C14H19N3O2/c1-10(2)16-8-7-13(18)17-14-11(9-15)5-4-6-12(14)19-3/h4-6,10,16H,7-8H2,1-3H3,(H,17,18). The number of anilines is 1. The normalized spacial score (nSPS) is 10.1. The molecule has 0 heterocycles. The molecule has 0 unspecified atom stereocenters. The first kappa shape index (κ1) is 15.0. The maximum Gasteiger partial charge on any atom is 0.225 e. The van der Waals surface area contributed by atoms with E-state index in [1.807, 2.05) is 19.9 Å². The van der Waals surface area contributed by atoms with Crippen molar-refractivity contribution in [2.45, 2.75) is 26.3 Å². The Kier molecular flexibility index (Phi) is 5.83. The maximum atomic E-state index is 11.8. The molecule has 0 spiro atoms. The molecule has 0 aliphatic carbocycles. The monoisotopic (exact) mass is 261 g/mol. The molecule has 0 radical (unpaired) electrons. The molecule has 1 rings (SSSR count). The second-order valence-corrected chi connectivity index (χ2v) is 4.40. The lowest BCUT2D eigenvalue weighted by Crippen LogP contribution is -2.27. The fraction of sp³-hybridized carbons (Fsp3) is 0.429. The third-order valence-corrected chi connectivity index (χ3v) is 2.54. The van der Waals surface area contributed by atoms with Gasteiger partial charge in [0.1, 0.15) is 17.5 Å². The van der Waals surface area contributed by atoms with Crippen molar-refractivity contribution in [3.05, 3.63) is 23.8 Å². The van der Waals surface area contributed by atoms with Gasteiger partial charge in [-0.2, -0.15) is 5.26 Å². The van der Waals surface area contributed by atoms with Crippen molar-refractivity contribution >= 4 is 11.6 Å². The predicted molar refractivity (Wildman–Crippen MR) is 74.1 cm³/mol. The Balaban J connectivity index is 2.71. The summed E-state index contributed by atoms with van der Waals surface area (Å²) in [6, 6.07) is 7.45. The molecule has 1 aromatic rings. The van der Waals surface area contributed by atoms with Gasteiger partial charge in [-0.1, -0.05) is 19.9 Å². The molecule has 0 aliphatic rings. The first-order valence-electron chi connectivity index (χ1n) is 6.18. The average molecular weight is 261 g/mol. The molecule has 0 saturated heterocycles. The van der Waals surface area contributed by atoms with E-state index in [0.29, 0.717) is 36.0 Å². The molecule has 5 nitrogen and oxygen atoms in total. The number of hydrogen-bond acceptors (Lipinski definition) is 4. The lowest BCUT2D eigenvalue weighted by Gasteiger charge is -2.12. The molecular weight excluding hydrogens is 242 g/mol. The van der Waals surface area contributed by atoms with Gasteiger partial charge in [-0.15, -0.1) is 0 Å². The highest BCUT2D eigenvalue weighted by atomic mass is 16.5. The Labute approximate surface area is 113 Å². The number of para-hydroxylation sites is 1. The van der Waals surface area contributed by atoms with Crippen LogP contribution in [0.5, 0.6) is 5.75 Å². The number of carbonyl (C=O) groups is 1. The molecule has 0 atom stereocenters. The van der Waals surface area contributed by atoms with Crippen LogP contribution in [0, 0.1) is 11.3 Å². The van der Waals surface area contributed by atoms with Crippen molar-refractivity contribution in [1.29, 1.82) is 5.26 Å². The van der Waals surface area contributed by atoms with Gasteiger partial charge in [0.2, 0.25) is 5.91 Å². The Bertz CT molecular complexity index is 478. The number of rotatable bonds is 6. The van der Waals surface area contributed by atoms with E-state index in [-0.39, 0.29) is 5.91 Å². The van der Waals surface area contributed by atoms with Crippen LogP contribution in [-0.4, -0.2) is 25.6 Å². The number of carbonyl (C=O) groups excluding carboxylic acids is 1. The number of nitrogens with one attached hydrogen (secondary N) is 2. The molecule has 1 aromatic carbocycles. The predicted octanol–water partition coefficient (Wildman–Crippen LogP) is 1.89. The molecule has 1 amide bonds. The summed E-state index contributed by atoms with van der Waals surface area (Å²) in [6.45, 7) is 4.64. The SMILES string of the molecule is COc1cccc(C#N)c1NC(=O)CCNC(C)C. The van der Waals surface area contributed by atoms with Crippen molar-refractivity contribution < 1.29 is 9.53 Å².